The van der Waals surface area contributed by atoms with Gasteiger partial charge in [0.1, 0.15) is 11.5 Å². The van der Waals surface area contributed by atoms with Gasteiger partial charge < -0.3 is 9.47 Å². The summed E-state index contributed by atoms with van der Waals surface area (Å²) in [5.74, 6) is 2.07. The zero-order chi connectivity index (χ0) is 12.7. The molecule has 0 saturated heterocycles. The molecule has 2 heteroatoms. The van der Waals surface area contributed by atoms with Crippen molar-refractivity contribution in [2.75, 3.05) is 13.2 Å². The third-order valence-electron chi connectivity index (χ3n) is 4.14. The Morgan fingerprint density at radius 3 is 1.68 bits per heavy atom. The highest BCUT2D eigenvalue weighted by Crippen LogP contribution is 2.41. The molecule has 96 valence electrons. The van der Waals surface area contributed by atoms with E-state index in [4.69, 9.17) is 9.47 Å². The summed E-state index contributed by atoms with van der Waals surface area (Å²) < 4.78 is 11.9. The molecule has 2 aromatic carbocycles. The molecule has 0 aliphatic carbocycles. The van der Waals surface area contributed by atoms with Gasteiger partial charge in [0.15, 0.2) is 0 Å². The number of ether oxygens (including phenoxy) is 2. The first kappa shape index (κ1) is 10.9. The molecular weight excluding hydrogens is 236 g/mol. The van der Waals surface area contributed by atoms with Crippen molar-refractivity contribution in [1.82, 2.24) is 0 Å². The molecule has 0 aromatic heterocycles. The van der Waals surface area contributed by atoms with Gasteiger partial charge in [0.05, 0.1) is 13.2 Å². The summed E-state index contributed by atoms with van der Waals surface area (Å²) in [5, 5.41) is 0. The predicted molar refractivity (Wildman–Crippen MR) is 73.7 cm³/mol. The van der Waals surface area contributed by atoms with Crippen molar-refractivity contribution >= 4 is 0 Å². The van der Waals surface area contributed by atoms with Gasteiger partial charge in [-0.15, -0.1) is 0 Å². The monoisotopic (exact) mass is 252 g/mol. The average molecular weight is 252 g/mol. The standard InChI is InChI=1S/C17H16O2/c1-3-7-15-13(5-1)9-17(11-18-15)10-14-6-2-4-8-16(14)19-12-17/h1-8H,9-12H2. The molecule has 2 aromatic rings. The number of hydrogen-bond donors (Lipinski definition) is 0. The first-order valence-electron chi connectivity index (χ1n) is 6.76. The lowest BCUT2D eigenvalue weighted by Gasteiger charge is -2.41. The molecule has 2 nitrogen and oxygen atoms in total. The summed E-state index contributed by atoms with van der Waals surface area (Å²) in [4.78, 5) is 0. The Bertz CT molecular complexity index is 563. The largest absolute Gasteiger partial charge is 0.493 e. The lowest BCUT2D eigenvalue weighted by atomic mass is 9.75. The van der Waals surface area contributed by atoms with Crippen LogP contribution in [0.5, 0.6) is 11.5 Å². The summed E-state index contributed by atoms with van der Waals surface area (Å²) in [5.41, 5.74) is 2.70. The van der Waals surface area contributed by atoms with E-state index in [0.717, 1.165) is 37.6 Å². The topological polar surface area (TPSA) is 18.5 Å². The molecule has 0 N–H and O–H groups in total. The van der Waals surface area contributed by atoms with Crippen LogP contribution in [0.3, 0.4) is 0 Å². The molecule has 2 heterocycles. The van der Waals surface area contributed by atoms with Gasteiger partial charge in [-0.3, -0.25) is 0 Å². The van der Waals surface area contributed by atoms with Crippen LogP contribution in [0.25, 0.3) is 0 Å². The van der Waals surface area contributed by atoms with Crippen molar-refractivity contribution in [3.8, 4) is 11.5 Å². The minimum atomic E-state index is 0.0999. The normalized spacial score (nSPS) is 18.9. The molecule has 0 amide bonds. The maximum Gasteiger partial charge on any atom is 0.122 e. The van der Waals surface area contributed by atoms with Gasteiger partial charge in [-0.1, -0.05) is 36.4 Å². The van der Waals surface area contributed by atoms with E-state index in [1.54, 1.807) is 0 Å². The number of hydrogen-bond acceptors (Lipinski definition) is 2. The average Bonchev–Trinajstić information content (AvgIpc) is 2.47. The summed E-state index contributed by atoms with van der Waals surface area (Å²) in [6.07, 6.45) is 2.08. The molecule has 0 bridgehead atoms. The molecule has 0 fully saturated rings. The van der Waals surface area contributed by atoms with E-state index in [-0.39, 0.29) is 5.41 Å². The summed E-state index contributed by atoms with van der Waals surface area (Å²) in [6, 6.07) is 16.7. The van der Waals surface area contributed by atoms with Crippen molar-refractivity contribution in [2.24, 2.45) is 5.41 Å². The first-order chi connectivity index (χ1) is 9.35. The predicted octanol–water partition coefficient (Wildman–Crippen LogP) is 3.24. The molecule has 2 aliphatic rings. The van der Waals surface area contributed by atoms with Gasteiger partial charge in [0.25, 0.3) is 0 Å². The highest BCUT2D eigenvalue weighted by atomic mass is 16.5. The van der Waals surface area contributed by atoms with E-state index >= 15 is 0 Å². The van der Waals surface area contributed by atoms with Crippen LogP contribution in [-0.4, -0.2) is 13.2 Å². The summed E-state index contributed by atoms with van der Waals surface area (Å²) in [6.45, 7) is 1.50. The Labute approximate surface area is 113 Å². The van der Waals surface area contributed by atoms with Crippen LogP contribution in [0, 0.1) is 5.41 Å². The molecule has 1 spiro atoms. The number of para-hydroxylation sites is 2. The van der Waals surface area contributed by atoms with Crippen LogP contribution < -0.4 is 9.47 Å². The van der Waals surface area contributed by atoms with Crippen LogP contribution in [0.15, 0.2) is 48.5 Å². The third-order valence-corrected chi connectivity index (χ3v) is 4.14. The molecule has 19 heavy (non-hydrogen) atoms. The van der Waals surface area contributed by atoms with Gasteiger partial charge in [-0.25, -0.2) is 0 Å². The maximum absolute atomic E-state index is 5.95. The Hall–Kier alpha value is -1.96. The van der Waals surface area contributed by atoms with Gasteiger partial charge >= 0.3 is 0 Å². The van der Waals surface area contributed by atoms with E-state index in [1.165, 1.54) is 11.1 Å². The Balaban J connectivity index is 1.68. The van der Waals surface area contributed by atoms with E-state index in [9.17, 15) is 0 Å². The molecule has 0 saturated carbocycles. The second-order valence-electron chi connectivity index (χ2n) is 5.65. The SMILES string of the molecule is c1ccc2c(c1)CC1(CO2)COc2ccccc2C1. The van der Waals surface area contributed by atoms with Gasteiger partial charge in [0.2, 0.25) is 0 Å². The highest BCUT2D eigenvalue weighted by molar-refractivity contribution is 5.40. The zero-order valence-corrected chi connectivity index (χ0v) is 10.8. The maximum atomic E-state index is 5.95. The fraction of sp³-hybridized carbons (Fsp3) is 0.294. The van der Waals surface area contributed by atoms with Gasteiger partial charge in [0, 0.05) is 5.41 Å². The second-order valence-corrected chi connectivity index (χ2v) is 5.65. The first-order valence-corrected chi connectivity index (χ1v) is 6.76. The molecule has 0 unspecified atom stereocenters. The molecule has 4 rings (SSSR count). The molecular formula is C17H16O2. The fourth-order valence-electron chi connectivity index (χ4n) is 3.16. The summed E-state index contributed by atoms with van der Waals surface area (Å²) in [7, 11) is 0. The van der Waals surface area contributed by atoms with Crippen molar-refractivity contribution in [1.29, 1.82) is 0 Å². The second kappa shape index (κ2) is 4.02. The number of fused-ring (bicyclic) bond motifs is 2. The van der Waals surface area contributed by atoms with Crippen LogP contribution >= 0.6 is 0 Å². The minimum absolute atomic E-state index is 0.0999. The quantitative estimate of drug-likeness (QED) is 0.716. The number of rotatable bonds is 0. The van der Waals surface area contributed by atoms with Gasteiger partial charge in [-0.05, 0) is 36.1 Å². The number of benzene rings is 2. The van der Waals surface area contributed by atoms with Gasteiger partial charge in [-0.2, -0.15) is 0 Å². The van der Waals surface area contributed by atoms with Crippen molar-refractivity contribution < 1.29 is 9.47 Å². The van der Waals surface area contributed by atoms with Crippen LogP contribution in [0.4, 0.5) is 0 Å². The van der Waals surface area contributed by atoms with Crippen LogP contribution in [0.2, 0.25) is 0 Å². The van der Waals surface area contributed by atoms with Crippen molar-refractivity contribution in [3.63, 3.8) is 0 Å². The Morgan fingerprint density at radius 2 is 1.16 bits per heavy atom. The van der Waals surface area contributed by atoms with E-state index < -0.39 is 0 Å². The fourth-order valence-corrected chi connectivity index (χ4v) is 3.16. The van der Waals surface area contributed by atoms with Crippen molar-refractivity contribution in [2.45, 2.75) is 12.8 Å². The highest BCUT2D eigenvalue weighted by Gasteiger charge is 2.40. The van der Waals surface area contributed by atoms with E-state index in [2.05, 4.69) is 36.4 Å². The van der Waals surface area contributed by atoms with Crippen LogP contribution in [-0.2, 0) is 12.8 Å². The lowest BCUT2D eigenvalue weighted by molar-refractivity contribution is 0.0479. The Kier molecular flexibility index (Phi) is 2.31. The minimum Gasteiger partial charge on any atom is -0.493 e. The van der Waals surface area contributed by atoms with E-state index in [0.29, 0.717) is 0 Å². The molecule has 2 aliphatic heterocycles. The zero-order valence-electron chi connectivity index (χ0n) is 10.8. The van der Waals surface area contributed by atoms with Crippen LogP contribution in [0.1, 0.15) is 11.1 Å². The molecule has 0 atom stereocenters. The third kappa shape index (κ3) is 1.79. The smallest absolute Gasteiger partial charge is 0.122 e. The molecule has 0 radical (unpaired) electrons. The van der Waals surface area contributed by atoms with Crippen molar-refractivity contribution in [3.05, 3.63) is 59.7 Å². The van der Waals surface area contributed by atoms with E-state index in [1.807, 2.05) is 12.1 Å². The lowest BCUT2D eigenvalue weighted by Crippen LogP contribution is -2.44. The summed E-state index contributed by atoms with van der Waals surface area (Å²) >= 11 is 0. The Morgan fingerprint density at radius 1 is 0.684 bits per heavy atom.